The highest BCUT2D eigenvalue weighted by Gasteiger charge is 2.54. The van der Waals surface area contributed by atoms with Crippen LogP contribution in [0.15, 0.2) is 12.1 Å². The van der Waals surface area contributed by atoms with Crippen molar-refractivity contribution in [2.45, 2.75) is 83.3 Å². The topological polar surface area (TPSA) is 90.8 Å². The van der Waals surface area contributed by atoms with E-state index in [1.54, 1.807) is 6.07 Å². The minimum atomic E-state index is -0.182. The van der Waals surface area contributed by atoms with Gasteiger partial charge in [0.05, 0.1) is 5.54 Å². The lowest BCUT2D eigenvalue weighted by Gasteiger charge is -2.44. The maximum absolute atomic E-state index is 14.1. The van der Waals surface area contributed by atoms with Crippen LogP contribution in [0.25, 0.3) is 0 Å². The summed E-state index contributed by atoms with van der Waals surface area (Å²) < 4.78 is 15.9. The van der Waals surface area contributed by atoms with Gasteiger partial charge in [0.2, 0.25) is 11.8 Å². The number of aromatic nitrogens is 2. The van der Waals surface area contributed by atoms with Crippen LogP contribution in [0.2, 0.25) is 0 Å². The Balaban J connectivity index is 1.06. The molecule has 10 heteroatoms. The molecule has 1 aromatic carbocycles. The number of rotatable bonds is 5. The predicted molar refractivity (Wildman–Crippen MR) is 151 cm³/mol. The molecule has 3 aliphatic carbocycles. The Kier molecular flexibility index (Phi) is 6.17. The Morgan fingerprint density at radius 2 is 1.83 bits per heavy atom. The van der Waals surface area contributed by atoms with Crippen molar-refractivity contribution < 1.29 is 18.8 Å². The van der Waals surface area contributed by atoms with Crippen LogP contribution in [0.4, 0.5) is 10.1 Å². The Bertz CT molecular complexity index is 1440. The van der Waals surface area contributed by atoms with E-state index in [1.807, 2.05) is 34.4 Å². The lowest BCUT2D eigenvalue weighted by molar-refractivity contribution is -0.135. The molecule has 2 atom stereocenters. The lowest BCUT2D eigenvalue weighted by atomic mass is 10.0. The largest absolute Gasteiger partial charge is 0.367 e. The lowest BCUT2D eigenvalue weighted by Crippen LogP contribution is -2.58. The summed E-state index contributed by atoms with van der Waals surface area (Å²) in [4.78, 5) is 45.1. The number of benzene rings is 1. The summed E-state index contributed by atoms with van der Waals surface area (Å²) in [6, 6.07) is 3.52. The second-order valence-corrected chi connectivity index (χ2v) is 12.9. The molecule has 218 valence electrons. The van der Waals surface area contributed by atoms with Crippen LogP contribution in [0.3, 0.4) is 0 Å². The molecule has 4 fully saturated rings. The monoisotopic (exact) mass is 562 g/mol. The van der Waals surface area contributed by atoms with E-state index in [2.05, 4.69) is 10.2 Å². The van der Waals surface area contributed by atoms with Gasteiger partial charge in [0.15, 0.2) is 5.69 Å². The molecule has 0 unspecified atom stereocenters. The minimum Gasteiger partial charge on any atom is -0.367 e. The standard InChI is InChI=1S/C31H39FN6O3/c1-18-19(2)25(5-4-24(18)32)36-12-13-37(31(17-36)8-9-31)27(40)16-38-26-15-21-14-23(21)28(26)29(34-38)30(41)35-10-6-22(7-11-35)33-20(3)39/h4-5,21-23H,6-17H2,1-3H3,(H,33,39)/t21-,23-/m1/s1. The maximum atomic E-state index is 14.1. The zero-order valence-electron chi connectivity index (χ0n) is 24.2. The number of fused-ring (bicyclic) bond motifs is 3. The fourth-order valence-corrected chi connectivity index (χ4v) is 7.62. The van der Waals surface area contributed by atoms with Crippen LogP contribution < -0.4 is 10.2 Å². The molecule has 1 aromatic heterocycles. The summed E-state index contributed by atoms with van der Waals surface area (Å²) >= 11 is 0. The predicted octanol–water partition coefficient (Wildman–Crippen LogP) is 2.92. The molecule has 3 amide bonds. The molecule has 2 aromatic rings. The van der Waals surface area contributed by atoms with Crippen LogP contribution in [-0.4, -0.2) is 81.6 Å². The van der Waals surface area contributed by atoms with Crippen molar-refractivity contribution in [2.24, 2.45) is 5.92 Å². The molecule has 2 saturated carbocycles. The van der Waals surface area contributed by atoms with Gasteiger partial charge in [-0.05, 0) is 87.5 Å². The highest BCUT2D eigenvalue weighted by Crippen LogP contribution is 2.57. The van der Waals surface area contributed by atoms with Gasteiger partial charge in [-0.3, -0.25) is 19.1 Å². The Morgan fingerprint density at radius 1 is 1.07 bits per heavy atom. The zero-order valence-corrected chi connectivity index (χ0v) is 24.2. The van der Waals surface area contributed by atoms with E-state index in [-0.39, 0.29) is 41.7 Å². The van der Waals surface area contributed by atoms with Gasteiger partial charge in [-0.1, -0.05) is 0 Å². The van der Waals surface area contributed by atoms with E-state index in [0.29, 0.717) is 49.3 Å². The maximum Gasteiger partial charge on any atom is 0.274 e. The van der Waals surface area contributed by atoms with Crippen LogP contribution >= 0.6 is 0 Å². The molecule has 2 saturated heterocycles. The van der Waals surface area contributed by atoms with Crippen LogP contribution in [-0.2, 0) is 22.6 Å². The van der Waals surface area contributed by atoms with Crippen LogP contribution in [0.1, 0.15) is 77.8 Å². The van der Waals surface area contributed by atoms with Crippen molar-refractivity contribution >= 4 is 23.4 Å². The van der Waals surface area contributed by atoms with Crippen molar-refractivity contribution in [3.8, 4) is 0 Å². The van der Waals surface area contributed by atoms with E-state index in [4.69, 9.17) is 5.10 Å². The molecule has 9 nitrogen and oxygen atoms in total. The van der Waals surface area contributed by atoms with Crippen molar-refractivity contribution in [1.29, 1.82) is 0 Å². The zero-order chi connectivity index (χ0) is 28.6. The molecule has 0 bridgehead atoms. The number of hydrogen-bond donors (Lipinski definition) is 1. The van der Waals surface area contributed by atoms with E-state index >= 15 is 0 Å². The summed E-state index contributed by atoms with van der Waals surface area (Å²) in [6.07, 6.45) is 5.40. The summed E-state index contributed by atoms with van der Waals surface area (Å²) in [7, 11) is 0. The number of carbonyl (C=O) groups is 3. The third-order valence-corrected chi connectivity index (χ3v) is 10.3. The van der Waals surface area contributed by atoms with Gasteiger partial charge in [-0.15, -0.1) is 0 Å². The fraction of sp³-hybridized carbons (Fsp3) is 0.613. The fourth-order valence-electron chi connectivity index (χ4n) is 7.62. The van der Waals surface area contributed by atoms with Gasteiger partial charge in [0.1, 0.15) is 12.4 Å². The van der Waals surface area contributed by atoms with Crippen molar-refractivity contribution in [3.63, 3.8) is 0 Å². The Labute approximate surface area is 240 Å². The third kappa shape index (κ3) is 4.50. The number of piperidine rings is 1. The second kappa shape index (κ2) is 9.56. The summed E-state index contributed by atoms with van der Waals surface area (Å²) in [5.74, 6) is 0.769. The highest BCUT2D eigenvalue weighted by atomic mass is 19.1. The van der Waals surface area contributed by atoms with Crippen LogP contribution in [0, 0.1) is 25.6 Å². The number of carbonyl (C=O) groups excluding carboxylic acids is 3. The number of anilines is 1. The van der Waals surface area contributed by atoms with Gasteiger partial charge in [-0.25, -0.2) is 4.39 Å². The highest BCUT2D eigenvalue weighted by molar-refractivity contribution is 5.95. The number of piperazine rings is 1. The normalized spacial score (nSPS) is 24.3. The van der Waals surface area contributed by atoms with Crippen molar-refractivity contribution in [1.82, 2.24) is 24.9 Å². The molecule has 5 aliphatic rings. The smallest absolute Gasteiger partial charge is 0.274 e. The van der Waals surface area contributed by atoms with E-state index < -0.39 is 0 Å². The Morgan fingerprint density at radius 3 is 2.54 bits per heavy atom. The van der Waals surface area contributed by atoms with E-state index in [0.717, 1.165) is 67.6 Å². The quantitative estimate of drug-likeness (QED) is 0.605. The summed E-state index contributed by atoms with van der Waals surface area (Å²) in [6.45, 7) is 8.76. The first-order valence-electron chi connectivity index (χ1n) is 15.1. The molecule has 2 aliphatic heterocycles. The SMILES string of the molecule is CC(=O)NC1CCN(C(=O)c2nn(CC(=O)N3CCN(c4ccc(F)c(C)c4C)CC34CC4)c3c2[C@@H]2C[C@@H]2C3)CC1. The first kappa shape index (κ1) is 26.5. The van der Waals surface area contributed by atoms with Gasteiger partial charge < -0.3 is 20.0 Å². The number of nitrogens with zero attached hydrogens (tertiary/aromatic N) is 5. The molecule has 1 spiro atoms. The van der Waals surface area contributed by atoms with Gasteiger partial charge >= 0.3 is 0 Å². The number of amides is 3. The van der Waals surface area contributed by atoms with Crippen molar-refractivity contribution in [2.75, 3.05) is 37.6 Å². The van der Waals surface area contributed by atoms with Crippen molar-refractivity contribution in [3.05, 3.63) is 46.0 Å². The molecule has 1 N–H and O–H groups in total. The second-order valence-electron chi connectivity index (χ2n) is 12.9. The molecule has 41 heavy (non-hydrogen) atoms. The number of likely N-dealkylation sites (tertiary alicyclic amines) is 1. The van der Waals surface area contributed by atoms with Gasteiger partial charge in [0, 0.05) is 62.6 Å². The summed E-state index contributed by atoms with van der Waals surface area (Å²) in [5.41, 5.74) is 5.18. The minimum absolute atomic E-state index is 0.0363. The first-order valence-corrected chi connectivity index (χ1v) is 15.1. The summed E-state index contributed by atoms with van der Waals surface area (Å²) in [5, 5.41) is 7.78. The number of nitrogens with one attached hydrogen (secondary N) is 1. The van der Waals surface area contributed by atoms with E-state index in [9.17, 15) is 18.8 Å². The van der Waals surface area contributed by atoms with E-state index in [1.165, 1.54) is 6.92 Å². The average molecular weight is 563 g/mol. The molecular weight excluding hydrogens is 523 g/mol. The van der Waals surface area contributed by atoms with Gasteiger partial charge in [-0.2, -0.15) is 5.10 Å². The van der Waals surface area contributed by atoms with Gasteiger partial charge in [0.25, 0.3) is 5.91 Å². The number of hydrogen-bond acceptors (Lipinski definition) is 5. The molecular formula is C31H39FN6O3. The number of halogens is 1. The molecule has 0 radical (unpaired) electrons. The average Bonchev–Trinajstić information content (AvgIpc) is 3.83. The third-order valence-electron chi connectivity index (χ3n) is 10.3. The Hall–Kier alpha value is -3.43. The molecule has 7 rings (SSSR count). The molecule has 3 heterocycles. The first-order chi connectivity index (χ1) is 19.6. The van der Waals surface area contributed by atoms with Crippen LogP contribution in [0.5, 0.6) is 0 Å².